The van der Waals surface area contributed by atoms with Crippen molar-refractivity contribution in [3.8, 4) is 0 Å². The Morgan fingerprint density at radius 1 is 1.31 bits per heavy atom. The van der Waals surface area contributed by atoms with Crippen molar-refractivity contribution in [1.29, 1.82) is 0 Å². The first-order valence-electron chi connectivity index (χ1n) is 8.70. The van der Waals surface area contributed by atoms with E-state index in [1.54, 1.807) is 6.07 Å². The van der Waals surface area contributed by atoms with Crippen LogP contribution in [0.15, 0.2) is 36.8 Å². The number of nitrogens with one attached hydrogen (secondary N) is 2. The number of H-pyrrole nitrogens is 1. The quantitative estimate of drug-likeness (QED) is 0.724. The lowest BCUT2D eigenvalue weighted by atomic mass is 10.0. The summed E-state index contributed by atoms with van der Waals surface area (Å²) in [5.74, 6) is 0.573. The fourth-order valence-corrected chi connectivity index (χ4v) is 3.55. The molecule has 3 heterocycles. The Bertz CT molecular complexity index is 933. The fraction of sp³-hybridized carbons (Fsp3) is 0.316. The van der Waals surface area contributed by atoms with E-state index in [1.165, 1.54) is 6.42 Å². The second-order valence-electron chi connectivity index (χ2n) is 6.54. The molecule has 1 aliphatic rings. The molecule has 1 atom stereocenters. The summed E-state index contributed by atoms with van der Waals surface area (Å²) in [5.41, 5.74) is 2.42. The van der Waals surface area contributed by atoms with Crippen LogP contribution in [0.1, 0.15) is 34.2 Å². The first kappa shape index (κ1) is 17.0. The summed E-state index contributed by atoms with van der Waals surface area (Å²) in [6.45, 7) is 4.39. The molecule has 1 unspecified atom stereocenters. The standard InChI is InChI=1S/C19H20ClN5O/c1-12-22-9-13(10-23-12)17(25-7-2-8-25)11-24-19(26)15-3-4-16-14(18(15)20)5-6-21-16/h3-6,9-10,17,21H,2,7-8,11H2,1H3,(H,24,26). The highest BCUT2D eigenvalue weighted by atomic mass is 35.5. The molecule has 2 N–H and O–H groups in total. The normalized spacial score (nSPS) is 15.6. The van der Waals surface area contributed by atoms with Gasteiger partial charge in [-0.2, -0.15) is 0 Å². The highest BCUT2D eigenvalue weighted by Crippen LogP contribution is 2.27. The minimum atomic E-state index is -0.170. The Morgan fingerprint density at radius 3 is 2.77 bits per heavy atom. The molecule has 0 aliphatic carbocycles. The lowest BCUT2D eigenvalue weighted by Crippen LogP contribution is -2.45. The molecule has 26 heavy (non-hydrogen) atoms. The molecule has 0 spiro atoms. The van der Waals surface area contributed by atoms with Crippen molar-refractivity contribution >= 4 is 28.4 Å². The van der Waals surface area contributed by atoms with Crippen molar-refractivity contribution in [3.63, 3.8) is 0 Å². The van der Waals surface area contributed by atoms with Crippen LogP contribution in [-0.4, -0.2) is 45.4 Å². The molecule has 0 radical (unpaired) electrons. The van der Waals surface area contributed by atoms with Crippen LogP contribution in [0.2, 0.25) is 5.02 Å². The number of rotatable bonds is 5. The largest absolute Gasteiger partial charge is 0.361 e. The molecule has 1 fully saturated rings. The summed E-state index contributed by atoms with van der Waals surface area (Å²) in [5, 5.41) is 4.35. The SMILES string of the molecule is Cc1ncc(C(CNC(=O)c2ccc3[nH]ccc3c2Cl)N2CCC2)cn1. The van der Waals surface area contributed by atoms with Crippen LogP contribution < -0.4 is 5.32 Å². The summed E-state index contributed by atoms with van der Waals surface area (Å²) >= 11 is 6.42. The van der Waals surface area contributed by atoms with E-state index in [4.69, 9.17) is 11.6 Å². The number of aryl methyl sites for hydroxylation is 1. The van der Waals surface area contributed by atoms with E-state index >= 15 is 0 Å². The Morgan fingerprint density at radius 2 is 2.08 bits per heavy atom. The number of aromatic nitrogens is 3. The molecular formula is C19H20ClN5O. The van der Waals surface area contributed by atoms with Gasteiger partial charge < -0.3 is 10.3 Å². The Balaban J connectivity index is 1.52. The third kappa shape index (κ3) is 3.18. The van der Waals surface area contributed by atoms with E-state index in [9.17, 15) is 4.79 Å². The number of aromatic amines is 1. The molecular weight excluding hydrogens is 350 g/mol. The molecule has 134 valence electrons. The molecule has 7 heteroatoms. The summed E-state index contributed by atoms with van der Waals surface area (Å²) in [6, 6.07) is 5.57. The number of hydrogen-bond acceptors (Lipinski definition) is 4. The van der Waals surface area contributed by atoms with Crippen molar-refractivity contribution in [2.75, 3.05) is 19.6 Å². The van der Waals surface area contributed by atoms with Crippen molar-refractivity contribution in [3.05, 3.63) is 58.8 Å². The van der Waals surface area contributed by atoms with E-state index in [1.807, 2.05) is 37.6 Å². The molecule has 4 rings (SSSR count). The van der Waals surface area contributed by atoms with Gasteiger partial charge in [-0.25, -0.2) is 9.97 Å². The van der Waals surface area contributed by atoms with E-state index in [0.29, 0.717) is 17.1 Å². The lowest BCUT2D eigenvalue weighted by Gasteiger charge is -2.38. The number of nitrogens with zero attached hydrogens (tertiary/aromatic N) is 3. The number of likely N-dealkylation sites (tertiary alicyclic amines) is 1. The minimum absolute atomic E-state index is 0.0723. The van der Waals surface area contributed by atoms with Gasteiger partial charge in [0.2, 0.25) is 0 Å². The Labute approximate surface area is 156 Å². The van der Waals surface area contributed by atoms with Gasteiger partial charge in [-0.15, -0.1) is 0 Å². The van der Waals surface area contributed by atoms with Gasteiger partial charge in [0.05, 0.1) is 16.6 Å². The number of benzene rings is 1. The summed E-state index contributed by atoms with van der Waals surface area (Å²) in [6.07, 6.45) is 6.68. The minimum Gasteiger partial charge on any atom is -0.361 e. The summed E-state index contributed by atoms with van der Waals surface area (Å²) < 4.78 is 0. The average molecular weight is 370 g/mol. The molecule has 1 aliphatic heterocycles. The smallest absolute Gasteiger partial charge is 0.252 e. The molecule has 2 aromatic heterocycles. The molecule has 0 bridgehead atoms. The van der Waals surface area contributed by atoms with Gasteiger partial charge in [-0.3, -0.25) is 9.69 Å². The number of hydrogen-bond donors (Lipinski definition) is 2. The van der Waals surface area contributed by atoms with Crippen LogP contribution in [0.4, 0.5) is 0 Å². The zero-order valence-electron chi connectivity index (χ0n) is 14.5. The Kier molecular flexibility index (Phi) is 4.61. The van der Waals surface area contributed by atoms with Gasteiger partial charge in [-0.05, 0) is 31.5 Å². The first-order chi connectivity index (χ1) is 12.6. The lowest BCUT2D eigenvalue weighted by molar-refractivity contribution is 0.0884. The van der Waals surface area contributed by atoms with Crippen LogP contribution in [0, 0.1) is 6.92 Å². The van der Waals surface area contributed by atoms with Crippen LogP contribution >= 0.6 is 11.6 Å². The van der Waals surface area contributed by atoms with Gasteiger partial charge in [-0.1, -0.05) is 11.6 Å². The summed E-state index contributed by atoms with van der Waals surface area (Å²) in [4.78, 5) is 26.7. The maximum Gasteiger partial charge on any atom is 0.252 e. The first-order valence-corrected chi connectivity index (χ1v) is 9.07. The van der Waals surface area contributed by atoms with Crippen LogP contribution in [0.5, 0.6) is 0 Å². The second-order valence-corrected chi connectivity index (χ2v) is 6.92. The van der Waals surface area contributed by atoms with E-state index in [0.717, 1.165) is 35.4 Å². The number of carbonyl (C=O) groups is 1. The van der Waals surface area contributed by atoms with Crippen LogP contribution in [-0.2, 0) is 0 Å². The van der Waals surface area contributed by atoms with Crippen LogP contribution in [0.25, 0.3) is 10.9 Å². The molecule has 1 aromatic carbocycles. The van der Waals surface area contributed by atoms with Gasteiger partial charge >= 0.3 is 0 Å². The second kappa shape index (κ2) is 7.05. The van der Waals surface area contributed by atoms with Gasteiger partial charge in [0, 0.05) is 54.7 Å². The monoisotopic (exact) mass is 369 g/mol. The number of amides is 1. The molecule has 0 saturated carbocycles. The van der Waals surface area contributed by atoms with Crippen LogP contribution in [0.3, 0.4) is 0 Å². The fourth-order valence-electron chi connectivity index (χ4n) is 3.24. The highest BCUT2D eigenvalue weighted by molar-refractivity contribution is 6.38. The zero-order chi connectivity index (χ0) is 18.1. The zero-order valence-corrected chi connectivity index (χ0v) is 15.3. The third-order valence-corrected chi connectivity index (χ3v) is 5.29. The maximum absolute atomic E-state index is 12.7. The van der Waals surface area contributed by atoms with E-state index in [-0.39, 0.29) is 11.9 Å². The van der Waals surface area contributed by atoms with Gasteiger partial charge in [0.1, 0.15) is 5.82 Å². The molecule has 1 saturated heterocycles. The molecule has 1 amide bonds. The predicted molar refractivity (Wildman–Crippen MR) is 101 cm³/mol. The molecule has 3 aromatic rings. The Hall–Kier alpha value is -2.44. The predicted octanol–water partition coefficient (Wildman–Crippen LogP) is 3.10. The third-order valence-electron chi connectivity index (χ3n) is 4.89. The maximum atomic E-state index is 12.7. The van der Waals surface area contributed by atoms with Crippen molar-refractivity contribution in [2.24, 2.45) is 0 Å². The van der Waals surface area contributed by atoms with Crippen molar-refractivity contribution in [2.45, 2.75) is 19.4 Å². The van der Waals surface area contributed by atoms with Crippen molar-refractivity contribution < 1.29 is 4.79 Å². The number of carbonyl (C=O) groups excluding carboxylic acids is 1. The van der Waals surface area contributed by atoms with Gasteiger partial charge in [0.15, 0.2) is 0 Å². The number of fused-ring (bicyclic) bond motifs is 1. The number of halogens is 1. The highest BCUT2D eigenvalue weighted by Gasteiger charge is 2.26. The topological polar surface area (TPSA) is 73.9 Å². The van der Waals surface area contributed by atoms with E-state index < -0.39 is 0 Å². The summed E-state index contributed by atoms with van der Waals surface area (Å²) in [7, 11) is 0. The van der Waals surface area contributed by atoms with Gasteiger partial charge in [0.25, 0.3) is 5.91 Å². The van der Waals surface area contributed by atoms with Crippen molar-refractivity contribution in [1.82, 2.24) is 25.2 Å². The van der Waals surface area contributed by atoms with E-state index in [2.05, 4.69) is 25.2 Å². The molecule has 6 nitrogen and oxygen atoms in total. The average Bonchev–Trinajstić information content (AvgIpc) is 3.07.